The second-order valence-corrected chi connectivity index (χ2v) is 14.2. The summed E-state index contributed by atoms with van der Waals surface area (Å²) < 4.78 is 8.41. The summed E-state index contributed by atoms with van der Waals surface area (Å²) in [5.74, 6) is 0. The van der Waals surface area contributed by atoms with Crippen molar-refractivity contribution in [3.8, 4) is 0 Å². The van der Waals surface area contributed by atoms with E-state index in [1.807, 2.05) is 0 Å². The van der Waals surface area contributed by atoms with Gasteiger partial charge in [0, 0.05) is 0 Å². The Kier molecular flexibility index (Phi) is 6.47. The molecule has 0 unspecified atom stereocenters. The van der Waals surface area contributed by atoms with Gasteiger partial charge in [-0.25, -0.2) is 0 Å². The van der Waals surface area contributed by atoms with Gasteiger partial charge in [0.2, 0.25) is 0 Å². The van der Waals surface area contributed by atoms with E-state index in [1.54, 1.807) is 0 Å². The van der Waals surface area contributed by atoms with E-state index >= 15 is 0 Å². The molecule has 3 rings (SSSR count). The molecule has 0 aromatic heterocycles. The van der Waals surface area contributed by atoms with Crippen LogP contribution >= 0.6 is 67.8 Å². The molecule has 0 spiro atoms. The molecule has 0 aliphatic rings. The van der Waals surface area contributed by atoms with Crippen molar-refractivity contribution in [2.75, 3.05) is 0 Å². The molecule has 0 nitrogen and oxygen atoms in total. The van der Waals surface area contributed by atoms with E-state index in [9.17, 15) is 0 Å². The molecule has 0 aliphatic heterocycles. The van der Waals surface area contributed by atoms with Gasteiger partial charge in [0.15, 0.2) is 0 Å². The van der Waals surface area contributed by atoms with Gasteiger partial charge in [0.05, 0.1) is 0 Å². The molecule has 110 valence electrons. The van der Waals surface area contributed by atoms with Gasteiger partial charge >= 0.3 is 182 Å². The van der Waals surface area contributed by atoms with Gasteiger partial charge < -0.3 is 0 Å². The normalized spacial score (nSPS) is 10.9. The Bertz CT molecular complexity index is 642. The Morgan fingerprint density at radius 3 is 0.864 bits per heavy atom. The molecule has 3 aromatic rings. The molecule has 22 heavy (non-hydrogen) atoms. The van der Waals surface area contributed by atoms with Crippen molar-refractivity contribution < 1.29 is 0 Å². The van der Waals surface area contributed by atoms with Crippen molar-refractivity contribution in [1.82, 2.24) is 0 Å². The Balaban J connectivity index is 2.10. The van der Waals surface area contributed by atoms with E-state index in [2.05, 4.69) is 141 Å². The first-order valence-corrected chi connectivity index (χ1v) is 13.4. The van der Waals surface area contributed by atoms with Crippen molar-refractivity contribution in [3.63, 3.8) is 0 Å². The zero-order valence-corrected chi connectivity index (χ0v) is 20.3. The number of rotatable bonds is 3. The third kappa shape index (κ3) is 4.38. The molecule has 0 N–H and O–H groups in total. The number of hydrogen-bond acceptors (Lipinski definition) is 0. The van der Waals surface area contributed by atoms with Crippen LogP contribution in [-0.4, -0.2) is 19.6 Å². The second-order valence-electron chi connectivity index (χ2n) is 4.67. The minimum atomic E-state index is -1.75. The number of benzene rings is 3. The molecule has 0 atom stereocenters. The monoisotopic (exact) mass is 739 g/mol. The van der Waals surface area contributed by atoms with Crippen LogP contribution in [0.2, 0.25) is 0 Å². The van der Waals surface area contributed by atoms with Gasteiger partial charge in [-0.3, -0.25) is 0 Å². The van der Waals surface area contributed by atoms with E-state index in [-0.39, 0.29) is 0 Å². The molecular formula is C18H12I3Te+. The Morgan fingerprint density at radius 1 is 0.409 bits per heavy atom. The fraction of sp³-hybridized carbons (Fsp3) is 0. The molecule has 4 heteroatoms. The van der Waals surface area contributed by atoms with E-state index in [0.29, 0.717) is 0 Å². The molecule has 0 aliphatic carbocycles. The van der Waals surface area contributed by atoms with Crippen LogP contribution in [0.25, 0.3) is 0 Å². The number of hydrogen-bond donors (Lipinski definition) is 0. The molecule has 0 saturated carbocycles. The van der Waals surface area contributed by atoms with Gasteiger partial charge in [-0.2, -0.15) is 0 Å². The van der Waals surface area contributed by atoms with Crippen molar-refractivity contribution in [2.45, 2.75) is 0 Å². The summed E-state index contributed by atoms with van der Waals surface area (Å²) >= 11 is 5.37. The Labute approximate surface area is 179 Å². The van der Waals surface area contributed by atoms with Crippen LogP contribution < -0.4 is 10.8 Å². The molecule has 0 bridgehead atoms. The Morgan fingerprint density at radius 2 is 0.636 bits per heavy atom. The fourth-order valence-electron chi connectivity index (χ4n) is 2.12. The molecule has 0 fully saturated rings. The summed E-state index contributed by atoms with van der Waals surface area (Å²) in [7, 11) is 0. The summed E-state index contributed by atoms with van der Waals surface area (Å²) in [5.41, 5.74) is 0. The zero-order chi connectivity index (χ0) is 15.5. The van der Waals surface area contributed by atoms with E-state index in [1.165, 1.54) is 21.5 Å². The third-order valence-corrected chi connectivity index (χ3v) is 11.7. The summed E-state index contributed by atoms with van der Waals surface area (Å²) in [4.78, 5) is 0. The zero-order valence-electron chi connectivity index (χ0n) is 11.5. The number of halogens is 3. The third-order valence-electron chi connectivity index (χ3n) is 3.15. The molecule has 0 amide bonds. The topological polar surface area (TPSA) is 0 Å². The standard InChI is InChI=1S/C18H12I3Te/c19-13-1-7-16(8-2-13)22(17-9-3-14(20)4-10-17)18-11-5-15(21)6-12-18/h1-12H/q+1. The molecule has 0 heterocycles. The quantitative estimate of drug-likeness (QED) is 0.282. The van der Waals surface area contributed by atoms with E-state index in [0.717, 1.165) is 0 Å². The van der Waals surface area contributed by atoms with Crippen LogP contribution in [0.1, 0.15) is 0 Å². The summed E-state index contributed by atoms with van der Waals surface area (Å²) in [6.07, 6.45) is 0. The Hall–Kier alpha value is 0.640. The molecule has 0 saturated heterocycles. The predicted octanol–water partition coefficient (Wildman–Crippen LogP) is 4.02. The average Bonchev–Trinajstić information content (AvgIpc) is 2.53. The van der Waals surface area contributed by atoms with Crippen LogP contribution in [0.3, 0.4) is 0 Å². The average molecular weight is 737 g/mol. The SMILES string of the molecule is Ic1ccc([Te+](c2ccc(I)cc2)c2ccc(I)cc2)cc1. The summed E-state index contributed by atoms with van der Waals surface area (Å²) in [6, 6.07) is 27.2. The molecule has 0 radical (unpaired) electrons. The first-order valence-electron chi connectivity index (χ1n) is 6.64. The van der Waals surface area contributed by atoms with Crippen molar-refractivity contribution >= 4 is 98.2 Å². The van der Waals surface area contributed by atoms with Crippen molar-refractivity contribution in [1.29, 1.82) is 0 Å². The van der Waals surface area contributed by atoms with Gasteiger partial charge in [-0.15, -0.1) is 0 Å². The summed E-state index contributed by atoms with van der Waals surface area (Å²) in [5, 5.41) is 0. The van der Waals surface area contributed by atoms with Crippen LogP contribution in [-0.2, 0) is 0 Å². The predicted molar refractivity (Wildman–Crippen MR) is 122 cm³/mol. The maximum absolute atomic E-state index is 2.37. The van der Waals surface area contributed by atoms with Crippen LogP contribution in [0.4, 0.5) is 0 Å². The van der Waals surface area contributed by atoms with Crippen molar-refractivity contribution in [2.24, 2.45) is 0 Å². The van der Waals surface area contributed by atoms with Gasteiger partial charge in [0.1, 0.15) is 0 Å². The second kappa shape index (κ2) is 8.15. The maximum atomic E-state index is 2.37. The van der Waals surface area contributed by atoms with Gasteiger partial charge in [-0.1, -0.05) is 0 Å². The molecular weight excluding hydrogens is 725 g/mol. The van der Waals surface area contributed by atoms with Crippen LogP contribution in [0.5, 0.6) is 0 Å². The minimum absolute atomic E-state index is 1.30. The van der Waals surface area contributed by atoms with Gasteiger partial charge in [0.25, 0.3) is 0 Å². The first-order chi connectivity index (χ1) is 10.6. The van der Waals surface area contributed by atoms with Gasteiger partial charge in [-0.05, 0) is 0 Å². The van der Waals surface area contributed by atoms with Crippen LogP contribution in [0.15, 0.2) is 72.8 Å². The van der Waals surface area contributed by atoms with Crippen molar-refractivity contribution in [3.05, 3.63) is 83.5 Å². The molecule has 3 aromatic carbocycles. The van der Waals surface area contributed by atoms with E-state index < -0.39 is 19.6 Å². The first kappa shape index (κ1) is 17.5. The van der Waals surface area contributed by atoms with Crippen LogP contribution in [0, 0.1) is 10.7 Å². The fourth-order valence-corrected chi connectivity index (χ4v) is 9.02. The van der Waals surface area contributed by atoms with E-state index in [4.69, 9.17) is 0 Å². The summed E-state index contributed by atoms with van der Waals surface area (Å²) in [6.45, 7) is 0.